The number of nitrogens with one attached hydrogen (secondary N) is 1. The molecular weight excluding hydrogens is 336 g/mol. The van der Waals surface area contributed by atoms with Gasteiger partial charge in [-0.15, -0.1) is 0 Å². The van der Waals surface area contributed by atoms with Crippen LogP contribution in [0.2, 0.25) is 0 Å². The Balaban J connectivity index is 3.11. The third-order valence-electron chi connectivity index (χ3n) is 3.85. The van der Waals surface area contributed by atoms with Crippen LogP contribution in [0.3, 0.4) is 0 Å². The first kappa shape index (κ1) is 22.0. The van der Waals surface area contributed by atoms with E-state index in [1.807, 2.05) is 13.0 Å². The van der Waals surface area contributed by atoms with E-state index in [4.69, 9.17) is 9.47 Å². The molecule has 1 heterocycles. The molecule has 0 spiro atoms. The fourth-order valence-corrected chi connectivity index (χ4v) is 2.55. The lowest BCUT2D eigenvalue weighted by molar-refractivity contribution is -0.124. The molecule has 0 aromatic rings. The van der Waals surface area contributed by atoms with E-state index in [1.165, 1.54) is 11.8 Å². The van der Waals surface area contributed by atoms with Gasteiger partial charge < -0.3 is 14.8 Å². The number of alkyl carbamates (subject to hydrolysis) is 1. The van der Waals surface area contributed by atoms with Gasteiger partial charge in [0.25, 0.3) is 0 Å². The number of Topliss-reactive ketones (excluding diaryl/α,β-unsaturated/α-hetero) is 1. The molecule has 7 nitrogen and oxygen atoms in total. The summed E-state index contributed by atoms with van der Waals surface area (Å²) in [5.74, 6) is -0.254. The van der Waals surface area contributed by atoms with Crippen molar-refractivity contribution in [1.82, 2.24) is 10.2 Å². The average molecular weight is 368 g/mol. The van der Waals surface area contributed by atoms with Crippen molar-refractivity contribution in [3.63, 3.8) is 0 Å². The molecular formula is C19H32N2O5. The summed E-state index contributed by atoms with van der Waals surface area (Å²) in [6.45, 7) is 13.8. The van der Waals surface area contributed by atoms with Crippen molar-refractivity contribution < 1.29 is 23.9 Å². The van der Waals surface area contributed by atoms with Crippen molar-refractivity contribution in [2.45, 2.75) is 84.6 Å². The molecule has 148 valence electrons. The number of ketones is 1. The molecule has 0 radical (unpaired) electrons. The van der Waals surface area contributed by atoms with Crippen molar-refractivity contribution in [3.05, 3.63) is 12.2 Å². The summed E-state index contributed by atoms with van der Waals surface area (Å²) < 4.78 is 10.8. The molecule has 0 aliphatic carbocycles. The predicted octanol–water partition coefficient (Wildman–Crippen LogP) is 3.42. The molecule has 1 aliphatic heterocycles. The lowest BCUT2D eigenvalue weighted by Gasteiger charge is -2.37. The standard InChI is InChI=1S/C19H32N2O5/c1-13-10-9-11-19(14(2)22,20-15(23)25-17(3,4)5)12-21(13)16(24)26-18(6,7)8/h9-10,13H,11-12H2,1-8H3,(H,20,23)/t13-,19-/m0/s1. The first-order chi connectivity index (χ1) is 11.7. The molecule has 1 N–H and O–H groups in total. The second-order valence-corrected chi connectivity index (χ2v) is 8.75. The molecule has 0 saturated carbocycles. The number of carbonyl (C=O) groups excluding carboxylic acids is 3. The fraction of sp³-hybridized carbons (Fsp3) is 0.737. The number of hydrogen-bond acceptors (Lipinski definition) is 5. The highest BCUT2D eigenvalue weighted by Gasteiger charge is 2.43. The zero-order valence-corrected chi connectivity index (χ0v) is 17.1. The van der Waals surface area contributed by atoms with Crippen LogP contribution in [-0.4, -0.2) is 52.2 Å². The van der Waals surface area contributed by atoms with Crippen molar-refractivity contribution in [2.75, 3.05) is 6.54 Å². The summed E-state index contributed by atoms with van der Waals surface area (Å²) in [6, 6.07) is -0.272. The number of hydrogen-bond donors (Lipinski definition) is 1. The molecule has 26 heavy (non-hydrogen) atoms. The molecule has 1 aliphatic rings. The van der Waals surface area contributed by atoms with Gasteiger partial charge in [0.1, 0.15) is 16.7 Å². The Kier molecular flexibility index (Phi) is 6.49. The highest BCUT2D eigenvalue weighted by molar-refractivity contribution is 5.91. The van der Waals surface area contributed by atoms with Gasteiger partial charge in [0.05, 0.1) is 12.6 Å². The number of ether oxygens (including phenoxy) is 2. The SMILES string of the molecule is CC(=O)[C@]1(NC(=O)OC(C)(C)C)CC=C[C@H](C)N(C(=O)OC(C)(C)C)C1. The van der Waals surface area contributed by atoms with Gasteiger partial charge in [0.15, 0.2) is 5.78 Å². The van der Waals surface area contributed by atoms with Crippen LogP contribution in [0.5, 0.6) is 0 Å². The van der Waals surface area contributed by atoms with Gasteiger partial charge in [0.2, 0.25) is 0 Å². The third-order valence-corrected chi connectivity index (χ3v) is 3.85. The van der Waals surface area contributed by atoms with Crippen molar-refractivity contribution in [3.8, 4) is 0 Å². The number of nitrogens with zero attached hydrogens (tertiary/aromatic N) is 1. The van der Waals surface area contributed by atoms with Crippen LogP contribution >= 0.6 is 0 Å². The quantitative estimate of drug-likeness (QED) is 0.755. The maximum absolute atomic E-state index is 12.6. The van der Waals surface area contributed by atoms with Gasteiger partial charge in [-0.1, -0.05) is 12.2 Å². The van der Waals surface area contributed by atoms with Gasteiger partial charge in [-0.2, -0.15) is 0 Å². The van der Waals surface area contributed by atoms with Gasteiger partial charge in [0, 0.05) is 0 Å². The van der Waals surface area contributed by atoms with Crippen LogP contribution in [-0.2, 0) is 14.3 Å². The first-order valence-electron chi connectivity index (χ1n) is 8.84. The predicted molar refractivity (Wildman–Crippen MR) is 98.9 cm³/mol. The summed E-state index contributed by atoms with van der Waals surface area (Å²) in [7, 11) is 0. The van der Waals surface area contributed by atoms with Crippen LogP contribution in [0.1, 0.15) is 61.8 Å². The average Bonchev–Trinajstić information content (AvgIpc) is 2.55. The van der Waals surface area contributed by atoms with Gasteiger partial charge in [-0.25, -0.2) is 9.59 Å². The van der Waals surface area contributed by atoms with Gasteiger partial charge in [-0.3, -0.25) is 9.69 Å². The summed E-state index contributed by atoms with van der Waals surface area (Å²) in [4.78, 5) is 38.8. The van der Waals surface area contributed by atoms with E-state index < -0.39 is 28.9 Å². The Labute approximate surface area is 156 Å². The summed E-state index contributed by atoms with van der Waals surface area (Å²) in [5.41, 5.74) is -2.62. The minimum Gasteiger partial charge on any atom is -0.444 e. The minimum atomic E-state index is -1.26. The maximum Gasteiger partial charge on any atom is 0.410 e. The summed E-state index contributed by atoms with van der Waals surface area (Å²) in [6.07, 6.45) is 2.66. The lowest BCUT2D eigenvalue weighted by Crippen LogP contribution is -2.61. The van der Waals surface area contributed by atoms with Gasteiger partial charge >= 0.3 is 12.2 Å². The van der Waals surface area contributed by atoms with E-state index in [1.54, 1.807) is 47.6 Å². The van der Waals surface area contributed by atoms with Crippen LogP contribution < -0.4 is 5.32 Å². The number of carbonyl (C=O) groups is 3. The Morgan fingerprint density at radius 1 is 1.08 bits per heavy atom. The Morgan fingerprint density at radius 2 is 1.62 bits per heavy atom. The number of rotatable bonds is 2. The van der Waals surface area contributed by atoms with Crippen molar-refractivity contribution in [1.29, 1.82) is 0 Å². The molecule has 0 aromatic carbocycles. The van der Waals surface area contributed by atoms with E-state index in [0.29, 0.717) is 0 Å². The second kappa shape index (κ2) is 7.68. The Morgan fingerprint density at radius 3 is 2.08 bits per heavy atom. The Bertz CT molecular complexity index is 586. The molecule has 0 bridgehead atoms. The normalized spacial score (nSPS) is 23.8. The molecule has 0 aromatic heterocycles. The van der Waals surface area contributed by atoms with Crippen molar-refractivity contribution >= 4 is 18.0 Å². The smallest absolute Gasteiger partial charge is 0.410 e. The van der Waals surface area contributed by atoms with E-state index in [9.17, 15) is 14.4 Å². The van der Waals surface area contributed by atoms with Crippen LogP contribution in [0.25, 0.3) is 0 Å². The monoisotopic (exact) mass is 368 g/mol. The molecule has 0 fully saturated rings. The molecule has 0 unspecified atom stereocenters. The zero-order chi connectivity index (χ0) is 20.3. The third kappa shape index (κ3) is 6.35. The lowest BCUT2D eigenvalue weighted by atomic mass is 9.90. The Hall–Kier alpha value is -2.05. The molecule has 2 atom stereocenters. The molecule has 2 amide bonds. The molecule has 0 saturated heterocycles. The summed E-state index contributed by atoms with van der Waals surface area (Å²) in [5, 5.41) is 2.69. The fourth-order valence-electron chi connectivity index (χ4n) is 2.55. The second-order valence-electron chi connectivity index (χ2n) is 8.75. The van der Waals surface area contributed by atoms with Gasteiger partial charge in [-0.05, 0) is 61.8 Å². The number of amides is 2. The first-order valence-corrected chi connectivity index (χ1v) is 8.84. The van der Waals surface area contributed by atoms with E-state index in [-0.39, 0.29) is 24.8 Å². The van der Waals surface area contributed by atoms with E-state index in [2.05, 4.69) is 5.32 Å². The molecule has 7 heteroatoms. The highest BCUT2D eigenvalue weighted by atomic mass is 16.6. The summed E-state index contributed by atoms with van der Waals surface area (Å²) >= 11 is 0. The van der Waals surface area contributed by atoms with E-state index >= 15 is 0 Å². The minimum absolute atomic E-state index is 0.00462. The van der Waals surface area contributed by atoms with Crippen LogP contribution in [0.4, 0.5) is 9.59 Å². The molecule has 1 rings (SSSR count). The topological polar surface area (TPSA) is 84.9 Å². The maximum atomic E-state index is 12.6. The van der Waals surface area contributed by atoms with Crippen molar-refractivity contribution in [2.24, 2.45) is 0 Å². The van der Waals surface area contributed by atoms with E-state index in [0.717, 1.165) is 0 Å². The highest BCUT2D eigenvalue weighted by Crippen LogP contribution is 2.24. The van der Waals surface area contributed by atoms with Crippen LogP contribution in [0.15, 0.2) is 12.2 Å². The van der Waals surface area contributed by atoms with Crippen LogP contribution in [0, 0.1) is 0 Å². The largest absolute Gasteiger partial charge is 0.444 e. The zero-order valence-electron chi connectivity index (χ0n) is 17.1.